The fourth-order valence-corrected chi connectivity index (χ4v) is 4.47. The summed E-state index contributed by atoms with van der Waals surface area (Å²) < 4.78 is 14.9. The molecule has 0 saturated heterocycles. The van der Waals surface area contributed by atoms with Crippen LogP contribution in [0.3, 0.4) is 0 Å². The highest BCUT2D eigenvalue weighted by atomic mass is 16.6. The Labute approximate surface area is 441 Å². The molecular weight excluding hydrogens is 1010 g/mol. The molecule has 76 heavy (non-hydrogen) atoms. The Hall–Kier alpha value is -7.30. The number of ether oxygens (including phenoxy) is 3. The number of carboxylic acids is 5. The lowest BCUT2D eigenvalue weighted by Crippen LogP contribution is -2.51. The minimum Gasteiger partial charge on any atom is -0.481 e. The van der Waals surface area contributed by atoms with Crippen LogP contribution in [0.15, 0.2) is 0 Å². The maximum Gasteiger partial charge on any atom is 0.408 e. The van der Waals surface area contributed by atoms with Crippen LogP contribution in [0.1, 0.15) is 161 Å². The molecule has 0 heterocycles. The molecule has 0 rings (SSSR count). The minimum absolute atomic E-state index is 0.00440. The summed E-state index contributed by atoms with van der Waals surface area (Å²) in [5.41, 5.74) is 13.2. The van der Waals surface area contributed by atoms with Crippen molar-refractivity contribution in [1.82, 2.24) is 21.3 Å². The van der Waals surface area contributed by atoms with Gasteiger partial charge in [0.25, 0.3) is 0 Å². The van der Waals surface area contributed by atoms with Gasteiger partial charge in [-0.1, -0.05) is 0 Å². The molecule has 0 aromatic carbocycles. The summed E-state index contributed by atoms with van der Waals surface area (Å²) in [6.07, 6.45) is -1.47. The Morgan fingerprint density at radius 2 is 0.671 bits per heavy atom. The molecule has 0 aliphatic rings. The van der Waals surface area contributed by atoms with Crippen molar-refractivity contribution in [2.45, 2.75) is 214 Å². The monoisotopic (exact) mass is 1100 g/mol. The number of alkyl carbamates (subject to hydrolysis) is 3. The van der Waals surface area contributed by atoms with E-state index in [0.29, 0.717) is 0 Å². The van der Waals surface area contributed by atoms with Crippen molar-refractivity contribution in [3.8, 4) is 0 Å². The number of primary amides is 1. The van der Waals surface area contributed by atoms with Crippen LogP contribution in [-0.2, 0) is 67.0 Å². The molecule has 438 valence electrons. The van der Waals surface area contributed by atoms with E-state index in [4.69, 9.17) is 56.9 Å². The Kier molecular flexibility index (Phi) is 40.0. The van der Waals surface area contributed by atoms with Crippen LogP contribution in [0, 0.1) is 0 Å². The van der Waals surface area contributed by atoms with Crippen LogP contribution in [0.4, 0.5) is 14.4 Å². The lowest BCUT2D eigenvalue weighted by molar-refractivity contribution is -0.142. The van der Waals surface area contributed by atoms with Gasteiger partial charge in [-0.2, -0.15) is 0 Å². The Bertz CT molecular complexity index is 1860. The van der Waals surface area contributed by atoms with E-state index in [2.05, 4.69) is 21.3 Å². The van der Waals surface area contributed by atoms with Gasteiger partial charge in [0, 0.05) is 32.1 Å². The van der Waals surface area contributed by atoms with Crippen LogP contribution in [0.2, 0.25) is 0 Å². The lowest BCUT2D eigenvalue weighted by atomic mass is 10.1. The first kappa shape index (κ1) is 77.6. The number of ketones is 4. The second kappa shape index (κ2) is 39.2. The predicted molar refractivity (Wildman–Crippen MR) is 269 cm³/mol. The van der Waals surface area contributed by atoms with Gasteiger partial charge in [0.2, 0.25) is 11.8 Å². The third-order valence-corrected chi connectivity index (χ3v) is 8.23. The number of amides is 5. The van der Waals surface area contributed by atoms with Gasteiger partial charge in [0.1, 0.15) is 76.2 Å². The smallest absolute Gasteiger partial charge is 0.408 e. The summed E-state index contributed by atoms with van der Waals surface area (Å²) >= 11 is 0. The number of Topliss-reactive ketones (excluding diaryl/α,β-unsaturated/α-hetero) is 4. The van der Waals surface area contributed by atoms with Crippen molar-refractivity contribution in [2.24, 2.45) is 17.2 Å². The second-order valence-corrected chi connectivity index (χ2v) is 19.7. The summed E-state index contributed by atoms with van der Waals surface area (Å²) in [6.45, 7) is 22.1. The number of carbonyl (C=O) groups is 14. The summed E-state index contributed by atoms with van der Waals surface area (Å²) in [7, 11) is 0. The number of aliphatic carboxylic acids is 5. The summed E-state index contributed by atoms with van der Waals surface area (Å²) in [5.74, 6) is -7.41. The number of nitrogens with one attached hydrogen (secondary N) is 4. The Morgan fingerprint density at radius 3 is 0.934 bits per heavy atom. The highest BCUT2D eigenvalue weighted by Gasteiger charge is 2.27. The number of hydrogen-bond donors (Lipinski definition) is 12. The van der Waals surface area contributed by atoms with Crippen molar-refractivity contribution in [3.63, 3.8) is 0 Å². The molecule has 0 aromatic rings. The van der Waals surface area contributed by atoms with Crippen molar-refractivity contribution in [1.29, 1.82) is 0 Å². The van der Waals surface area contributed by atoms with Gasteiger partial charge < -0.3 is 97.4 Å². The summed E-state index contributed by atoms with van der Waals surface area (Å²) in [4.78, 5) is 152. The van der Waals surface area contributed by atoms with Crippen molar-refractivity contribution in [2.75, 3.05) is 0 Å². The van der Waals surface area contributed by atoms with Gasteiger partial charge in [-0.05, 0) is 129 Å². The van der Waals surface area contributed by atoms with Crippen LogP contribution in [0.5, 0.6) is 0 Å². The predicted octanol–water partition coefficient (Wildman–Crippen LogP) is 1.94. The zero-order chi connectivity index (χ0) is 61.1. The molecule has 0 radical (unpaired) electrons. The molecule has 5 amide bonds. The summed E-state index contributed by atoms with van der Waals surface area (Å²) in [6, 6.07) is -6.09. The fraction of sp³-hybridized carbons (Fsp3) is 0.702. The van der Waals surface area contributed by atoms with Crippen molar-refractivity contribution in [3.05, 3.63) is 0 Å². The molecule has 6 atom stereocenters. The largest absolute Gasteiger partial charge is 0.481 e. The van der Waals surface area contributed by atoms with E-state index >= 15 is 0 Å². The van der Waals surface area contributed by atoms with Gasteiger partial charge in [-0.3, -0.25) is 24.0 Å². The van der Waals surface area contributed by atoms with E-state index in [-0.39, 0.29) is 87.3 Å². The molecule has 0 fully saturated rings. The number of carbonyl (C=O) groups excluding carboxylic acids is 9. The lowest BCUT2D eigenvalue weighted by Gasteiger charge is -2.22. The van der Waals surface area contributed by atoms with E-state index < -0.39 is 113 Å². The van der Waals surface area contributed by atoms with Crippen molar-refractivity contribution < 1.29 is 107 Å². The highest BCUT2D eigenvalue weighted by Crippen LogP contribution is 2.10. The van der Waals surface area contributed by atoms with E-state index in [9.17, 15) is 67.1 Å². The van der Waals surface area contributed by atoms with E-state index in [1.54, 1.807) is 62.3 Å². The average molecular weight is 1100 g/mol. The molecule has 5 unspecified atom stereocenters. The normalized spacial score (nSPS) is 12.9. The van der Waals surface area contributed by atoms with Gasteiger partial charge in [0.05, 0.1) is 0 Å². The molecule has 29 nitrogen and oxygen atoms in total. The molecule has 0 spiro atoms. The quantitative estimate of drug-likeness (QED) is 0.0581. The third kappa shape index (κ3) is 54.5. The van der Waals surface area contributed by atoms with Crippen LogP contribution in [0.25, 0.3) is 0 Å². The van der Waals surface area contributed by atoms with Gasteiger partial charge in [-0.25, -0.2) is 24.0 Å². The number of nitrogens with two attached hydrogens (primary N) is 3. The third-order valence-electron chi connectivity index (χ3n) is 8.23. The van der Waals surface area contributed by atoms with Gasteiger partial charge in [-0.15, -0.1) is 0 Å². The van der Waals surface area contributed by atoms with Crippen molar-refractivity contribution >= 4 is 83.1 Å². The molecule has 29 heteroatoms. The van der Waals surface area contributed by atoms with E-state index in [1.807, 2.05) is 0 Å². The molecule has 0 aliphatic heterocycles. The molecule has 0 aromatic heterocycles. The standard InChI is InChI=1S/C14H24N2O6.C11H20N2O4.C11H19NO5.C6H11NO3.C5H9NO4/c1-8(17)6-7-10(12(19)20)16-11(18)9(2)15-13(21)22-14(3,4)5;1-7(14)5-6-8(9(12)15)13-10(16)17-11(2,3)4;1-7(13)5-6-8(9(14)15)12-10(16)17-11(2,3)4;1-4(8)2-3-5(7)6(9)10;6-3(5(9)10)1-2-4(7)8/h9-10H,6-7H2,1-5H3,(H,15,21)(H,16,18)(H,19,20);8H,5-6H2,1-4H3,(H2,12,15)(H,13,16);8H,5-6H2,1-4H3,(H,12,16)(H,14,15);5H,2-3,7H2,1H3,(H,9,10);3H,1-2,6H2,(H,7,8)(H,9,10)/t9-,10?;;;;/m0..../s1. The maximum atomic E-state index is 11.9. The van der Waals surface area contributed by atoms with Crippen LogP contribution < -0.4 is 38.5 Å². The zero-order valence-electron chi connectivity index (χ0n) is 45.9. The number of rotatable bonds is 25. The maximum absolute atomic E-state index is 11.9. The average Bonchev–Trinajstić information content (AvgIpc) is 3.21. The molecule has 0 aliphatic carbocycles. The first-order valence-corrected chi connectivity index (χ1v) is 23.4. The summed E-state index contributed by atoms with van der Waals surface area (Å²) in [5, 5.41) is 51.5. The second-order valence-electron chi connectivity index (χ2n) is 19.7. The SMILES string of the molecule is CC(=O)CCC(N)C(=O)O.CC(=O)CCC(NC(=O)OC(C)(C)C)C(=O)O.CC(=O)CCC(NC(=O)OC(C)(C)C)C(N)=O.CC(=O)CCC(NC(=O)[C@H](C)NC(=O)OC(C)(C)C)C(=O)O.NC(CCC(=O)O)C(=O)O. The van der Waals surface area contributed by atoms with Gasteiger partial charge >= 0.3 is 48.1 Å². The first-order valence-electron chi connectivity index (χ1n) is 23.4. The minimum atomic E-state index is -1.24. The first-order chi connectivity index (χ1) is 34.2. The zero-order valence-corrected chi connectivity index (χ0v) is 45.9. The highest BCUT2D eigenvalue weighted by molar-refractivity contribution is 5.89. The number of carboxylic acid groups (broad SMARTS) is 5. The van der Waals surface area contributed by atoms with Crippen LogP contribution >= 0.6 is 0 Å². The fourth-order valence-electron chi connectivity index (χ4n) is 4.47. The number of hydrogen-bond acceptors (Lipinski definition) is 19. The molecule has 0 bridgehead atoms. The van der Waals surface area contributed by atoms with E-state index in [1.165, 1.54) is 34.6 Å². The van der Waals surface area contributed by atoms with Gasteiger partial charge in [0.15, 0.2) is 0 Å². The van der Waals surface area contributed by atoms with Crippen LogP contribution in [-0.4, -0.2) is 162 Å². The van der Waals surface area contributed by atoms with E-state index in [0.717, 1.165) is 0 Å². The molecule has 15 N–H and O–H groups in total. The molecular formula is C47H83N7O22. The topological polar surface area (TPSA) is 494 Å². The Morgan fingerprint density at radius 1 is 0.408 bits per heavy atom. The Balaban J connectivity index is -0.000000285. The molecule has 0 saturated carbocycles.